The Morgan fingerprint density at radius 2 is 1.96 bits per heavy atom. The summed E-state index contributed by atoms with van der Waals surface area (Å²) in [4.78, 5) is 32.1. The minimum absolute atomic E-state index is 0.110. The number of benzene rings is 1. The SMILES string of the molecule is COc1ccc(CN(C(=O)c2cnc3ccc(C)cn3c2=O)C2CC2)cc1. The molecule has 27 heavy (non-hydrogen) atoms. The molecule has 4 rings (SSSR count). The fraction of sp³-hybridized carbons (Fsp3) is 0.286. The van der Waals surface area contributed by atoms with Crippen molar-refractivity contribution < 1.29 is 9.53 Å². The maximum absolute atomic E-state index is 13.2. The molecule has 1 saturated carbocycles. The van der Waals surface area contributed by atoms with Gasteiger partial charge < -0.3 is 9.64 Å². The number of hydrogen-bond donors (Lipinski definition) is 0. The van der Waals surface area contributed by atoms with Crippen molar-refractivity contribution in [3.63, 3.8) is 0 Å². The molecule has 0 radical (unpaired) electrons. The highest BCUT2D eigenvalue weighted by atomic mass is 16.5. The van der Waals surface area contributed by atoms with E-state index in [2.05, 4.69) is 4.98 Å². The molecule has 6 nitrogen and oxygen atoms in total. The maximum Gasteiger partial charge on any atom is 0.270 e. The number of carbonyl (C=O) groups excluding carboxylic acids is 1. The van der Waals surface area contributed by atoms with E-state index in [-0.39, 0.29) is 23.1 Å². The van der Waals surface area contributed by atoms with Crippen molar-refractivity contribution >= 4 is 11.6 Å². The lowest BCUT2D eigenvalue weighted by Gasteiger charge is -2.22. The first kappa shape index (κ1) is 17.3. The zero-order chi connectivity index (χ0) is 19.0. The van der Waals surface area contributed by atoms with Gasteiger partial charge in [0.25, 0.3) is 11.5 Å². The number of nitrogens with zero attached hydrogens (tertiary/aromatic N) is 3. The molecule has 0 N–H and O–H groups in total. The van der Waals surface area contributed by atoms with Crippen molar-refractivity contribution in [1.82, 2.24) is 14.3 Å². The lowest BCUT2D eigenvalue weighted by molar-refractivity contribution is 0.0727. The highest BCUT2D eigenvalue weighted by Crippen LogP contribution is 2.29. The van der Waals surface area contributed by atoms with E-state index < -0.39 is 0 Å². The topological polar surface area (TPSA) is 63.9 Å². The third kappa shape index (κ3) is 3.43. The summed E-state index contributed by atoms with van der Waals surface area (Å²) in [6.45, 7) is 2.37. The summed E-state index contributed by atoms with van der Waals surface area (Å²) in [5.74, 6) is 0.511. The predicted molar refractivity (Wildman–Crippen MR) is 102 cm³/mol. The monoisotopic (exact) mass is 363 g/mol. The first-order chi connectivity index (χ1) is 13.1. The van der Waals surface area contributed by atoms with Crippen LogP contribution in [0.2, 0.25) is 0 Å². The van der Waals surface area contributed by atoms with Gasteiger partial charge in [-0.1, -0.05) is 18.2 Å². The molecular formula is C21H21N3O3. The minimum atomic E-state index is -0.325. The van der Waals surface area contributed by atoms with Crippen molar-refractivity contribution in [3.05, 3.63) is 75.8 Å². The molecule has 3 aromatic rings. The Labute approximate surface area is 157 Å². The second-order valence-corrected chi connectivity index (χ2v) is 6.92. The largest absolute Gasteiger partial charge is 0.497 e. The molecular weight excluding hydrogens is 342 g/mol. The molecule has 1 amide bonds. The van der Waals surface area contributed by atoms with E-state index in [0.717, 1.165) is 29.7 Å². The van der Waals surface area contributed by atoms with Crippen LogP contribution in [-0.4, -0.2) is 33.3 Å². The highest BCUT2D eigenvalue weighted by molar-refractivity contribution is 5.94. The number of methoxy groups -OCH3 is 1. The fourth-order valence-electron chi connectivity index (χ4n) is 3.16. The molecule has 1 fully saturated rings. The number of pyridine rings is 1. The van der Waals surface area contributed by atoms with E-state index >= 15 is 0 Å². The van der Waals surface area contributed by atoms with Crippen LogP contribution in [0.3, 0.4) is 0 Å². The van der Waals surface area contributed by atoms with Gasteiger partial charge in [0.15, 0.2) is 0 Å². The second kappa shape index (κ2) is 6.87. The molecule has 6 heteroatoms. The van der Waals surface area contributed by atoms with Gasteiger partial charge >= 0.3 is 0 Å². The number of carbonyl (C=O) groups is 1. The van der Waals surface area contributed by atoms with Gasteiger partial charge in [-0.2, -0.15) is 0 Å². The van der Waals surface area contributed by atoms with Gasteiger partial charge in [-0.05, 0) is 49.1 Å². The Kier molecular flexibility index (Phi) is 4.39. The lowest BCUT2D eigenvalue weighted by atomic mass is 10.1. The van der Waals surface area contributed by atoms with Crippen molar-refractivity contribution in [2.45, 2.75) is 32.4 Å². The number of hydrogen-bond acceptors (Lipinski definition) is 4. The van der Waals surface area contributed by atoms with Crippen LogP contribution < -0.4 is 10.3 Å². The molecule has 138 valence electrons. The van der Waals surface area contributed by atoms with Crippen LogP contribution in [0.15, 0.2) is 53.6 Å². The van der Waals surface area contributed by atoms with Crippen molar-refractivity contribution in [2.24, 2.45) is 0 Å². The molecule has 0 saturated heterocycles. The lowest BCUT2D eigenvalue weighted by Crippen LogP contribution is -2.37. The van der Waals surface area contributed by atoms with Gasteiger partial charge in [-0.25, -0.2) is 4.98 Å². The van der Waals surface area contributed by atoms with Gasteiger partial charge in [0.05, 0.1) is 7.11 Å². The van der Waals surface area contributed by atoms with E-state index in [1.165, 1.54) is 10.6 Å². The average Bonchev–Trinajstić information content (AvgIpc) is 3.52. The quantitative estimate of drug-likeness (QED) is 0.699. The minimum Gasteiger partial charge on any atom is -0.497 e. The average molecular weight is 363 g/mol. The van der Waals surface area contributed by atoms with Gasteiger partial charge in [0.2, 0.25) is 0 Å². The summed E-state index contributed by atoms with van der Waals surface area (Å²) in [5, 5.41) is 0. The summed E-state index contributed by atoms with van der Waals surface area (Å²) in [5.41, 5.74) is 2.26. The van der Waals surface area contributed by atoms with E-state index in [4.69, 9.17) is 4.74 Å². The molecule has 1 aliphatic carbocycles. The zero-order valence-electron chi connectivity index (χ0n) is 15.4. The van der Waals surface area contributed by atoms with E-state index in [1.807, 2.05) is 37.3 Å². The first-order valence-electron chi connectivity index (χ1n) is 8.99. The number of amides is 1. The molecule has 0 bridgehead atoms. The third-order valence-corrected chi connectivity index (χ3v) is 4.84. The molecule has 2 heterocycles. The molecule has 0 aliphatic heterocycles. The Bertz CT molecular complexity index is 1050. The standard InChI is InChI=1S/C21H21N3O3/c1-14-3-10-19-22-11-18(21(26)24(19)12-14)20(25)23(16-6-7-16)13-15-4-8-17(27-2)9-5-15/h3-5,8-12,16H,6-7,13H2,1-2H3. The number of aromatic nitrogens is 2. The molecule has 2 aromatic heterocycles. The molecule has 0 spiro atoms. The van der Waals surface area contributed by atoms with Crippen molar-refractivity contribution in [3.8, 4) is 5.75 Å². The first-order valence-corrected chi connectivity index (χ1v) is 8.99. The molecule has 1 aliphatic rings. The number of fused-ring (bicyclic) bond motifs is 1. The zero-order valence-corrected chi connectivity index (χ0v) is 15.4. The number of ether oxygens (including phenoxy) is 1. The molecule has 1 aromatic carbocycles. The Morgan fingerprint density at radius 3 is 2.63 bits per heavy atom. The smallest absolute Gasteiger partial charge is 0.270 e. The van der Waals surface area contributed by atoms with Crippen LogP contribution in [0.1, 0.15) is 34.3 Å². The van der Waals surface area contributed by atoms with Crippen molar-refractivity contribution in [1.29, 1.82) is 0 Å². The Hall–Kier alpha value is -3.15. The highest BCUT2D eigenvalue weighted by Gasteiger charge is 2.34. The number of aryl methyl sites for hydroxylation is 1. The van der Waals surface area contributed by atoms with E-state index in [0.29, 0.717) is 12.2 Å². The van der Waals surface area contributed by atoms with Crippen LogP contribution in [-0.2, 0) is 6.54 Å². The van der Waals surface area contributed by atoms with Gasteiger partial charge in [-0.15, -0.1) is 0 Å². The summed E-state index contributed by atoms with van der Waals surface area (Å²) in [6.07, 6.45) is 5.04. The van der Waals surface area contributed by atoms with Crippen molar-refractivity contribution in [2.75, 3.05) is 7.11 Å². The van der Waals surface area contributed by atoms with Gasteiger partial charge in [0, 0.05) is 25.0 Å². The summed E-state index contributed by atoms with van der Waals surface area (Å²) < 4.78 is 6.63. The maximum atomic E-state index is 13.2. The second-order valence-electron chi connectivity index (χ2n) is 6.92. The predicted octanol–water partition coefficient (Wildman–Crippen LogP) is 2.82. The summed E-state index contributed by atoms with van der Waals surface area (Å²) >= 11 is 0. The van der Waals surface area contributed by atoms with Crippen LogP contribution in [0.25, 0.3) is 5.65 Å². The van der Waals surface area contributed by atoms with Crippen LogP contribution in [0.5, 0.6) is 5.75 Å². The Morgan fingerprint density at radius 1 is 1.22 bits per heavy atom. The van der Waals surface area contributed by atoms with Crippen LogP contribution >= 0.6 is 0 Å². The molecule has 0 unspecified atom stereocenters. The fourth-order valence-corrected chi connectivity index (χ4v) is 3.16. The van der Waals surface area contributed by atoms with E-state index in [1.54, 1.807) is 24.3 Å². The normalized spacial score (nSPS) is 13.6. The summed E-state index contributed by atoms with van der Waals surface area (Å²) in [7, 11) is 1.62. The third-order valence-electron chi connectivity index (χ3n) is 4.84. The van der Waals surface area contributed by atoms with Gasteiger partial charge in [0.1, 0.15) is 17.0 Å². The van der Waals surface area contributed by atoms with Crippen LogP contribution in [0, 0.1) is 6.92 Å². The summed E-state index contributed by atoms with van der Waals surface area (Å²) in [6, 6.07) is 11.5. The van der Waals surface area contributed by atoms with E-state index in [9.17, 15) is 9.59 Å². The Balaban J connectivity index is 1.67. The number of rotatable bonds is 5. The van der Waals surface area contributed by atoms with Gasteiger partial charge in [-0.3, -0.25) is 14.0 Å². The molecule has 0 atom stereocenters. The van der Waals surface area contributed by atoms with Crippen LogP contribution in [0.4, 0.5) is 0 Å².